The van der Waals surface area contributed by atoms with Gasteiger partial charge in [-0.2, -0.15) is 0 Å². The van der Waals surface area contributed by atoms with Crippen LogP contribution in [0.25, 0.3) is 11.4 Å². The normalized spacial score (nSPS) is 10.8. The van der Waals surface area contributed by atoms with Crippen LogP contribution in [-0.4, -0.2) is 29.1 Å². The molecule has 1 heterocycles. The quantitative estimate of drug-likeness (QED) is 0.473. The summed E-state index contributed by atoms with van der Waals surface area (Å²) >= 11 is 0. The average Bonchev–Trinajstić information content (AvgIpc) is 2.49. The highest BCUT2D eigenvalue weighted by Crippen LogP contribution is 2.21. The van der Waals surface area contributed by atoms with E-state index in [1.165, 1.54) is 26.4 Å². The molecule has 0 saturated carbocycles. The first-order chi connectivity index (χ1) is 9.65. The van der Waals surface area contributed by atoms with Crippen molar-refractivity contribution in [3.8, 4) is 11.4 Å². The summed E-state index contributed by atoms with van der Waals surface area (Å²) in [4.78, 5) is 18.6. The van der Waals surface area contributed by atoms with Crippen molar-refractivity contribution in [3.63, 3.8) is 0 Å². The Morgan fingerprint density at radius 1 is 1.15 bits per heavy atom. The molecule has 0 aliphatic heterocycles. The fourth-order valence-electron chi connectivity index (χ4n) is 1.71. The van der Waals surface area contributed by atoms with Gasteiger partial charge in [-0.15, -0.1) is 0 Å². The minimum Gasteiger partial charge on any atom is -0.350 e. The second kappa shape index (κ2) is 6.18. The minimum absolute atomic E-state index is 0.0246. The van der Waals surface area contributed by atoms with Crippen molar-refractivity contribution in [1.82, 2.24) is 9.97 Å². The number of nitro groups is 1. The molecular formula is C13H13N3O4. The van der Waals surface area contributed by atoms with Crippen LogP contribution >= 0.6 is 0 Å². The van der Waals surface area contributed by atoms with Gasteiger partial charge in [-0.3, -0.25) is 10.1 Å². The monoisotopic (exact) mass is 275 g/mol. The van der Waals surface area contributed by atoms with Gasteiger partial charge >= 0.3 is 0 Å². The lowest BCUT2D eigenvalue weighted by Crippen LogP contribution is -2.07. The molecule has 0 bridgehead atoms. The molecule has 0 atom stereocenters. The minimum atomic E-state index is -0.574. The van der Waals surface area contributed by atoms with Crippen LogP contribution in [0.1, 0.15) is 12.0 Å². The maximum absolute atomic E-state index is 10.6. The van der Waals surface area contributed by atoms with Gasteiger partial charge in [0.1, 0.15) is 5.69 Å². The lowest BCUT2D eigenvalue weighted by atomic mass is 10.2. The Balaban J connectivity index is 2.33. The Labute approximate surface area is 115 Å². The summed E-state index contributed by atoms with van der Waals surface area (Å²) in [5.41, 5.74) is 1.29. The molecule has 0 saturated heterocycles. The molecule has 104 valence electrons. The van der Waals surface area contributed by atoms with Gasteiger partial charge in [-0.05, 0) is 18.2 Å². The fraction of sp³-hybridized carbons (Fsp3) is 0.231. The Bertz CT molecular complexity index is 597. The maximum Gasteiger partial charge on any atom is 0.269 e. The molecule has 0 radical (unpaired) electrons. The average molecular weight is 275 g/mol. The van der Waals surface area contributed by atoms with E-state index in [9.17, 15) is 10.1 Å². The van der Waals surface area contributed by atoms with E-state index in [4.69, 9.17) is 9.47 Å². The second-order valence-corrected chi connectivity index (χ2v) is 3.91. The highest BCUT2D eigenvalue weighted by molar-refractivity contribution is 5.57. The summed E-state index contributed by atoms with van der Waals surface area (Å²) in [6.07, 6.45) is 1.01. The van der Waals surface area contributed by atoms with Gasteiger partial charge in [0.2, 0.25) is 6.29 Å². The summed E-state index contributed by atoms with van der Waals surface area (Å²) in [7, 11) is 3.03. The predicted octanol–water partition coefficient (Wildman–Crippen LogP) is 2.34. The zero-order chi connectivity index (χ0) is 14.5. The van der Waals surface area contributed by atoms with Crippen LogP contribution in [0.15, 0.2) is 36.5 Å². The van der Waals surface area contributed by atoms with Crippen molar-refractivity contribution in [1.29, 1.82) is 0 Å². The van der Waals surface area contributed by atoms with Gasteiger partial charge in [0, 0.05) is 38.1 Å². The van der Waals surface area contributed by atoms with Crippen LogP contribution in [0, 0.1) is 10.1 Å². The van der Waals surface area contributed by atoms with Crippen molar-refractivity contribution in [2.24, 2.45) is 0 Å². The molecule has 0 N–H and O–H groups in total. The molecule has 2 rings (SSSR count). The number of nitro benzene ring substituents is 1. The van der Waals surface area contributed by atoms with Crippen LogP contribution < -0.4 is 0 Å². The largest absolute Gasteiger partial charge is 0.350 e. The third-order valence-corrected chi connectivity index (χ3v) is 2.68. The molecule has 0 aliphatic carbocycles. The van der Waals surface area contributed by atoms with Gasteiger partial charge in [0.05, 0.1) is 4.92 Å². The van der Waals surface area contributed by atoms with Crippen molar-refractivity contribution in [3.05, 3.63) is 52.3 Å². The number of nitrogens with zero attached hydrogens (tertiary/aromatic N) is 3. The van der Waals surface area contributed by atoms with Gasteiger partial charge in [0.15, 0.2) is 5.82 Å². The van der Waals surface area contributed by atoms with Crippen molar-refractivity contribution < 1.29 is 14.4 Å². The molecule has 7 nitrogen and oxygen atoms in total. The highest BCUT2D eigenvalue weighted by Gasteiger charge is 2.13. The standard InChI is InChI=1S/C13H13N3O4/c1-19-13(20-2)11-7-8-14-12(15-11)9-3-5-10(6-4-9)16(17)18/h3-8,13H,1-2H3. The van der Waals surface area contributed by atoms with Crippen LogP contribution in [0.3, 0.4) is 0 Å². The number of hydrogen-bond acceptors (Lipinski definition) is 6. The molecule has 2 aromatic rings. The summed E-state index contributed by atoms with van der Waals surface area (Å²) in [6, 6.07) is 7.72. The molecule has 0 aliphatic rings. The van der Waals surface area contributed by atoms with Crippen molar-refractivity contribution >= 4 is 5.69 Å². The number of ether oxygens (including phenoxy) is 2. The number of non-ortho nitro benzene ring substituents is 1. The fourth-order valence-corrected chi connectivity index (χ4v) is 1.71. The molecule has 0 unspecified atom stereocenters. The summed E-state index contributed by atoms with van der Waals surface area (Å²) in [5.74, 6) is 0.455. The third-order valence-electron chi connectivity index (χ3n) is 2.68. The smallest absolute Gasteiger partial charge is 0.269 e. The van der Waals surface area contributed by atoms with Crippen LogP contribution in [0.2, 0.25) is 0 Å². The second-order valence-electron chi connectivity index (χ2n) is 3.91. The zero-order valence-electron chi connectivity index (χ0n) is 11.0. The number of rotatable bonds is 5. The summed E-state index contributed by atoms with van der Waals surface area (Å²) in [6.45, 7) is 0. The van der Waals surface area contributed by atoms with E-state index in [-0.39, 0.29) is 5.69 Å². The molecule has 0 spiro atoms. The van der Waals surface area contributed by atoms with Crippen molar-refractivity contribution in [2.75, 3.05) is 14.2 Å². The molecule has 0 fully saturated rings. The van der Waals surface area contributed by atoms with Crippen molar-refractivity contribution in [2.45, 2.75) is 6.29 Å². The van der Waals surface area contributed by atoms with Gasteiger partial charge in [-0.25, -0.2) is 9.97 Å². The molecule has 20 heavy (non-hydrogen) atoms. The lowest BCUT2D eigenvalue weighted by Gasteiger charge is -2.12. The Hall–Kier alpha value is -2.38. The zero-order valence-corrected chi connectivity index (χ0v) is 11.0. The summed E-state index contributed by atoms with van der Waals surface area (Å²) in [5, 5.41) is 10.6. The number of methoxy groups -OCH3 is 2. The first kappa shape index (κ1) is 14.0. The molecule has 0 amide bonds. The number of benzene rings is 1. The molecular weight excluding hydrogens is 262 g/mol. The van der Waals surface area contributed by atoms with Gasteiger partial charge in [-0.1, -0.05) is 0 Å². The van der Waals surface area contributed by atoms with E-state index in [0.717, 1.165) is 0 Å². The third kappa shape index (κ3) is 2.95. The highest BCUT2D eigenvalue weighted by atomic mass is 16.7. The van der Waals surface area contributed by atoms with Crippen LogP contribution in [0.4, 0.5) is 5.69 Å². The first-order valence-corrected chi connectivity index (χ1v) is 5.79. The van der Waals surface area contributed by atoms with E-state index in [1.807, 2.05) is 0 Å². The van der Waals surface area contributed by atoms with Crippen LogP contribution in [0.5, 0.6) is 0 Å². The Kier molecular flexibility index (Phi) is 4.34. The molecule has 1 aromatic carbocycles. The van der Waals surface area contributed by atoms with E-state index >= 15 is 0 Å². The van der Waals surface area contributed by atoms with E-state index in [0.29, 0.717) is 17.1 Å². The maximum atomic E-state index is 10.6. The Morgan fingerprint density at radius 3 is 2.35 bits per heavy atom. The topological polar surface area (TPSA) is 87.4 Å². The van der Waals surface area contributed by atoms with E-state index in [1.54, 1.807) is 24.4 Å². The number of hydrogen-bond donors (Lipinski definition) is 0. The van der Waals surface area contributed by atoms with E-state index < -0.39 is 11.2 Å². The Morgan fingerprint density at radius 2 is 1.80 bits per heavy atom. The molecule has 1 aromatic heterocycles. The SMILES string of the molecule is COC(OC)c1ccnc(-c2ccc([N+](=O)[O-])cc2)n1. The van der Waals surface area contributed by atoms with Gasteiger partial charge in [0.25, 0.3) is 5.69 Å². The lowest BCUT2D eigenvalue weighted by molar-refractivity contribution is -0.384. The van der Waals surface area contributed by atoms with Crippen LogP contribution in [-0.2, 0) is 9.47 Å². The predicted molar refractivity (Wildman–Crippen MR) is 70.9 cm³/mol. The summed E-state index contributed by atoms with van der Waals surface area (Å²) < 4.78 is 10.3. The first-order valence-electron chi connectivity index (χ1n) is 5.79. The number of aromatic nitrogens is 2. The van der Waals surface area contributed by atoms with E-state index in [2.05, 4.69) is 9.97 Å². The molecule has 7 heteroatoms. The van der Waals surface area contributed by atoms with Gasteiger partial charge < -0.3 is 9.47 Å².